The van der Waals surface area contributed by atoms with Gasteiger partial charge < -0.3 is 10.2 Å². The highest BCUT2D eigenvalue weighted by atomic mass is 16.4. The van der Waals surface area contributed by atoms with Crippen LogP contribution in [0.4, 0.5) is 0 Å². The van der Waals surface area contributed by atoms with Crippen molar-refractivity contribution in [2.45, 2.75) is 12.0 Å². The van der Waals surface area contributed by atoms with Gasteiger partial charge in [0.2, 0.25) is 0 Å². The Morgan fingerprint density at radius 1 is 1.17 bits per heavy atom. The van der Waals surface area contributed by atoms with E-state index in [1.54, 1.807) is 30.3 Å². The second kappa shape index (κ2) is 3.20. The third-order valence-electron chi connectivity index (χ3n) is 1.55. The predicted octanol–water partition coefficient (Wildman–Crippen LogP) is -0.716. The molecule has 0 aromatic heterocycles. The van der Waals surface area contributed by atoms with Gasteiger partial charge in [0, 0.05) is 0 Å². The fourth-order valence-electron chi connectivity index (χ4n) is 0.902. The second-order valence-electron chi connectivity index (χ2n) is 2.70. The number of hydrogen-bond donors (Lipinski definition) is 4. The molecule has 0 aliphatic rings. The van der Waals surface area contributed by atoms with E-state index in [2.05, 4.69) is 0 Å². The standard InChI is InChI=1S/C8H12N2O2/c9-8(10,12)7(11)6-4-2-1-3-5-6/h1-5,7,11-12H,9-10H2. The highest BCUT2D eigenvalue weighted by Gasteiger charge is 2.26. The van der Waals surface area contributed by atoms with Crippen molar-refractivity contribution in [1.82, 2.24) is 0 Å². The first-order valence-corrected chi connectivity index (χ1v) is 3.55. The maximum atomic E-state index is 9.36. The van der Waals surface area contributed by atoms with Crippen LogP contribution < -0.4 is 11.5 Å². The van der Waals surface area contributed by atoms with E-state index in [1.807, 2.05) is 0 Å². The first-order chi connectivity index (χ1) is 5.52. The maximum absolute atomic E-state index is 9.36. The van der Waals surface area contributed by atoms with Crippen molar-refractivity contribution in [3.05, 3.63) is 35.9 Å². The number of benzene rings is 1. The Balaban J connectivity index is 2.86. The quantitative estimate of drug-likeness (QED) is 0.439. The Labute approximate surface area is 70.4 Å². The highest BCUT2D eigenvalue weighted by molar-refractivity contribution is 5.19. The topological polar surface area (TPSA) is 92.5 Å². The number of hydrogen-bond acceptors (Lipinski definition) is 4. The molecule has 4 nitrogen and oxygen atoms in total. The van der Waals surface area contributed by atoms with Crippen LogP contribution in [0.15, 0.2) is 30.3 Å². The molecule has 1 aromatic rings. The van der Waals surface area contributed by atoms with E-state index < -0.39 is 12.0 Å². The minimum atomic E-state index is -2.08. The van der Waals surface area contributed by atoms with E-state index in [1.165, 1.54) is 0 Å². The molecule has 1 atom stereocenters. The summed E-state index contributed by atoms with van der Waals surface area (Å²) in [5.41, 5.74) is 10.7. The molecule has 12 heavy (non-hydrogen) atoms. The summed E-state index contributed by atoms with van der Waals surface area (Å²) in [6.07, 6.45) is -1.27. The molecule has 0 spiro atoms. The van der Waals surface area contributed by atoms with Crippen molar-refractivity contribution in [3.63, 3.8) is 0 Å². The minimum absolute atomic E-state index is 0.491. The van der Waals surface area contributed by atoms with Gasteiger partial charge in [-0.25, -0.2) is 0 Å². The molecule has 0 radical (unpaired) electrons. The Kier molecular flexibility index (Phi) is 2.44. The summed E-state index contributed by atoms with van der Waals surface area (Å²) < 4.78 is 0. The summed E-state index contributed by atoms with van der Waals surface area (Å²) >= 11 is 0. The van der Waals surface area contributed by atoms with Crippen LogP contribution in [0.5, 0.6) is 0 Å². The molecule has 0 fully saturated rings. The highest BCUT2D eigenvalue weighted by Crippen LogP contribution is 2.17. The van der Waals surface area contributed by atoms with Gasteiger partial charge in [0.15, 0.2) is 5.85 Å². The van der Waals surface area contributed by atoms with E-state index in [0.29, 0.717) is 5.56 Å². The van der Waals surface area contributed by atoms with E-state index >= 15 is 0 Å². The van der Waals surface area contributed by atoms with E-state index in [4.69, 9.17) is 16.6 Å². The Hall–Kier alpha value is -0.940. The van der Waals surface area contributed by atoms with Crippen molar-refractivity contribution >= 4 is 0 Å². The lowest BCUT2D eigenvalue weighted by molar-refractivity contribution is -0.0684. The molecule has 0 bridgehead atoms. The molecule has 0 heterocycles. The first kappa shape index (κ1) is 9.15. The summed E-state index contributed by atoms with van der Waals surface area (Å²) in [5, 5.41) is 18.4. The smallest absolute Gasteiger partial charge is 0.198 e. The van der Waals surface area contributed by atoms with Gasteiger partial charge in [-0.05, 0) is 5.56 Å². The Morgan fingerprint density at radius 2 is 1.67 bits per heavy atom. The van der Waals surface area contributed by atoms with Crippen LogP contribution in [0.25, 0.3) is 0 Å². The summed E-state index contributed by atoms with van der Waals surface area (Å²) in [4.78, 5) is 0. The number of aliphatic hydroxyl groups excluding tert-OH is 1. The van der Waals surface area contributed by atoms with Crippen molar-refractivity contribution in [2.24, 2.45) is 11.5 Å². The summed E-state index contributed by atoms with van der Waals surface area (Å²) in [6, 6.07) is 8.52. The van der Waals surface area contributed by atoms with Gasteiger partial charge in [0.25, 0.3) is 0 Å². The molecule has 0 aliphatic heterocycles. The van der Waals surface area contributed by atoms with Gasteiger partial charge in [-0.2, -0.15) is 0 Å². The molecule has 0 saturated heterocycles. The number of rotatable bonds is 2. The normalized spacial score (nSPS) is 14.3. The molecule has 1 rings (SSSR count). The van der Waals surface area contributed by atoms with Crippen LogP contribution >= 0.6 is 0 Å². The molecular weight excluding hydrogens is 156 g/mol. The largest absolute Gasteiger partial charge is 0.382 e. The third kappa shape index (κ3) is 2.02. The van der Waals surface area contributed by atoms with Crippen LogP contribution in [0.1, 0.15) is 11.7 Å². The Morgan fingerprint density at radius 3 is 2.08 bits per heavy atom. The summed E-state index contributed by atoms with van der Waals surface area (Å²) in [6.45, 7) is 0. The second-order valence-corrected chi connectivity index (χ2v) is 2.70. The molecular formula is C8H12N2O2. The average molecular weight is 168 g/mol. The van der Waals surface area contributed by atoms with E-state index in [0.717, 1.165) is 0 Å². The fraction of sp³-hybridized carbons (Fsp3) is 0.250. The fourth-order valence-corrected chi connectivity index (χ4v) is 0.902. The van der Waals surface area contributed by atoms with Gasteiger partial charge in [-0.3, -0.25) is 11.5 Å². The van der Waals surface area contributed by atoms with Crippen LogP contribution in [0, 0.1) is 0 Å². The average Bonchev–Trinajstić information content (AvgIpc) is 2.03. The first-order valence-electron chi connectivity index (χ1n) is 3.55. The zero-order valence-electron chi connectivity index (χ0n) is 6.51. The Bertz CT molecular complexity index is 243. The van der Waals surface area contributed by atoms with E-state index in [-0.39, 0.29) is 0 Å². The van der Waals surface area contributed by atoms with Crippen molar-refractivity contribution in [2.75, 3.05) is 0 Å². The molecule has 6 N–H and O–H groups in total. The van der Waals surface area contributed by atoms with Gasteiger partial charge in [-0.15, -0.1) is 0 Å². The van der Waals surface area contributed by atoms with Crippen molar-refractivity contribution < 1.29 is 10.2 Å². The van der Waals surface area contributed by atoms with Gasteiger partial charge >= 0.3 is 0 Å². The predicted molar refractivity (Wildman–Crippen MR) is 44.7 cm³/mol. The lowest BCUT2D eigenvalue weighted by Gasteiger charge is -2.23. The van der Waals surface area contributed by atoms with Gasteiger partial charge in [0.1, 0.15) is 6.10 Å². The molecule has 0 amide bonds. The van der Waals surface area contributed by atoms with Crippen LogP contribution in [0.2, 0.25) is 0 Å². The monoisotopic (exact) mass is 168 g/mol. The maximum Gasteiger partial charge on any atom is 0.198 e. The van der Waals surface area contributed by atoms with Crippen molar-refractivity contribution in [1.29, 1.82) is 0 Å². The lowest BCUT2D eigenvalue weighted by atomic mass is 10.1. The molecule has 66 valence electrons. The lowest BCUT2D eigenvalue weighted by Crippen LogP contribution is -2.54. The third-order valence-corrected chi connectivity index (χ3v) is 1.55. The van der Waals surface area contributed by atoms with Crippen molar-refractivity contribution in [3.8, 4) is 0 Å². The van der Waals surface area contributed by atoms with Gasteiger partial charge in [0.05, 0.1) is 0 Å². The zero-order valence-corrected chi connectivity index (χ0v) is 6.51. The van der Waals surface area contributed by atoms with Crippen LogP contribution in [-0.2, 0) is 0 Å². The van der Waals surface area contributed by atoms with Crippen LogP contribution in [0.3, 0.4) is 0 Å². The summed E-state index contributed by atoms with van der Waals surface area (Å²) in [5.74, 6) is -2.08. The SMILES string of the molecule is NC(N)(O)C(O)c1ccccc1. The molecule has 0 saturated carbocycles. The molecule has 4 heteroatoms. The molecule has 0 aliphatic carbocycles. The number of nitrogens with two attached hydrogens (primary N) is 2. The zero-order chi connectivity index (χ0) is 9.19. The van der Waals surface area contributed by atoms with E-state index in [9.17, 15) is 5.11 Å². The van der Waals surface area contributed by atoms with Crippen LogP contribution in [-0.4, -0.2) is 16.1 Å². The number of aliphatic hydroxyl groups is 2. The molecule has 1 unspecified atom stereocenters. The summed E-state index contributed by atoms with van der Waals surface area (Å²) in [7, 11) is 0. The minimum Gasteiger partial charge on any atom is -0.382 e. The molecule has 1 aromatic carbocycles. The van der Waals surface area contributed by atoms with Gasteiger partial charge in [-0.1, -0.05) is 30.3 Å².